The van der Waals surface area contributed by atoms with Gasteiger partial charge in [-0.1, -0.05) is 6.42 Å². The Hall–Kier alpha value is -1.23. The van der Waals surface area contributed by atoms with E-state index in [0.29, 0.717) is 30.5 Å². The monoisotopic (exact) mass is 305 g/mol. The molecule has 1 aliphatic carbocycles. The molecule has 110 valence electrons. The summed E-state index contributed by atoms with van der Waals surface area (Å²) < 4.78 is 38.9. The number of rotatable bonds is 4. The maximum atomic E-state index is 13.0. The van der Waals surface area contributed by atoms with E-state index in [4.69, 9.17) is 11.6 Å². The van der Waals surface area contributed by atoms with Crippen molar-refractivity contribution in [2.75, 3.05) is 12.4 Å². The van der Waals surface area contributed by atoms with Crippen LogP contribution in [0.5, 0.6) is 0 Å². The normalized spacial score (nSPS) is 22.0. The fraction of sp³-hybridized carbons (Fsp3) is 0.500. The van der Waals surface area contributed by atoms with Gasteiger partial charge in [0.15, 0.2) is 17.5 Å². The second-order valence-electron chi connectivity index (χ2n) is 5.07. The van der Waals surface area contributed by atoms with Crippen molar-refractivity contribution >= 4 is 17.5 Å². The summed E-state index contributed by atoms with van der Waals surface area (Å²) in [6, 6.07) is 1.39. The molecular formula is C14H15ClF3NO. The molecule has 1 N–H and O–H groups in total. The van der Waals surface area contributed by atoms with Gasteiger partial charge in [-0.15, -0.1) is 11.6 Å². The summed E-state index contributed by atoms with van der Waals surface area (Å²) in [5, 5.41) is 2.63. The molecule has 2 atom stereocenters. The highest BCUT2D eigenvalue weighted by molar-refractivity contribution is 6.18. The molecule has 20 heavy (non-hydrogen) atoms. The molecule has 1 aromatic carbocycles. The first kappa shape index (κ1) is 15.2. The zero-order chi connectivity index (χ0) is 14.7. The Bertz CT molecular complexity index is 486. The van der Waals surface area contributed by atoms with Crippen LogP contribution in [0.4, 0.5) is 13.2 Å². The molecule has 6 heteroatoms. The summed E-state index contributed by atoms with van der Waals surface area (Å²) in [5.74, 6) is -3.72. The molecule has 1 saturated carbocycles. The standard InChI is InChI=1S/C14H15ClF3NO/c15-6-8-2-1-3-9(8)7-19-14(20)10-4-11(16)13(18)12(17)5-10/h4-5,8-9H,1-3,6-7H2,(H,19,20). The molecule has 0 spiro atoms. The molecule has 0 heterocycles. The van der Waals surface area contributed by atoms with Gasteiger partial charge in [-0.2, -0.15) is 0 Å². The number of benzene rings is 1. The molecule has 0 saturated heterocycles. The van der Waals surface area contributed by atoms with Crippen LogP contribution in [0.2, 0.25) is 0 Å². The average Bonchev–Trinajstić information content (AvgIpc) is 2.89. The predicted octanol–water partition coefficient (Wildman–Crippen LogP) is 3.49. The number of alkyl halides is 1. The predicted molar refractivity (Wildman–Crippen MR) is 70.2 cm³/mol. The zero-order valence-corrected chi connectivity index (χ0v) is 11.5. The summed E-state index contributed by atoms with van der Waals surface area (Å²) in [5.41, 5.74) is -0.221. The summed E-state index contributed by atoms with van der Waals surface area (Å²) in [7, 11) is 0. The highest BCUT2D eigenvalue weighted by Gasteiger charge is 2.27. The summed E-state index contributed by atoms with van der Waals surface area (Å²) in [6.07, 6.45) is 3.07. The second kappa shape index (κ2) is 6.48. The fourth-order valence-electron chi connectivity index (χ4n) is 2.60. The summed E-state index contributed by atoms with van der Waals surface area (Å²) in [4.78, 5) is 11.8. The molecule has 0 aromatic heterocycles. The molecular weight excluding hydrogens is 291 g/mol. The molecule has 0 radical (unpaired) electrons. The highest BCUT2D eigenvalue weighted by Crippen LogP contribution is 2.32. The molecule has 1 fully saturated rings. The van der Waals surface area contributed by atoms with E-state index in [1.165, 1.54) is 0 Å². The van der Waals surface area contributed by atoms with Crippen molar-refractivity contribution in [2.45, 2.75) is 19.3 Å². The van der Waals surface area contributed by atoms with Crippen molar-refractivity contribution in [3.05, 3.63) is 35.1 Å². The van der Waals surface area contributed by atoms with Gasteiger partial charge in [0.1, 0.15) is 0 Å². The van der Waals surface area contributed by atoms with Crippen LogP contribution in [0, 0.1) is 29.3 Å². The van der Waals surface area contributed by atoms with E-state index >= 15 is 0 Å². The van der Waals surface area contributed by atoms with Gasteiger partial charge < -0.3 is 5.32 Å². The average molecular weight is 306 g/mol. The van der Waals surface area contributed by atoms with Crippen LogP contribution in [0.1, 0.15) is 29.6 Å². The van der Waals surface area contributed by atoms with Gasteiger partial charge >= 0.3 is 0 Å². The lowest BCUT2D eigenvalue weighted by Crippen LogP contribution is -2.31. The first-order valence-electron chi connectivity index (χ1n) is 6.51. The lowest BCUT2D eigenvalue weighted by atomic mass is 9.98. The fourth-order valence-corrected chi connectivity index (χ4v) is 3.00. The zero-order valence-electron chi connectivity index (χ0n) is 10.8. The van der Waals surface area contributed by atoms with E-state index in [2.05, 4.69) is 5.32 Å². The van der Waals surface area contributed by atoms with E-state index in [9.17, 15) is 18.0 Å². The minimum absolute atomic E-state index is 0.221. The van der Waals surface area contributed by atoms with Gasteiger partial charge in [0.2, 0.25) is 0 Å². The van der Waals surface area contributed by atoms with Crippen LogP contribution in [-0.4, -0.2) is 18.3 Å². The third kappa shape index (κ3) is 3.26. The van der Waals surface area contributed by atoms with Crippen LogP contribution >= 0.6 is 11.6 Å². The Morgan fingerprint density at radius 2 is 1.80 bits per heavy atom. The highest BCUT2D eigenvalue weighted by atomic mass is 35.5. The van der Waals surface area contributed by atoms with Crippen molar-refractivity contribution in [2.24, 2.45) is 11.8 Å². The minimum Gasteiger partial charge on any atom is -0.352 e. The number of carbonyl (C=O) groups is 1. The smallest absolute Gasteiger partial charge is 0.251 e. The Kier molecular flexibility index (Phi) is 4.91. The van der Waals surface area contributed by atoms with Gasteiger partial charge in [-0.05, 0) is 36.8 Å². The minimum atomic E-state index is -1.57. The van der Waals surface area contributed by atoms with E-state index < -0.39 is 23.4 Å². The molecule has 0 bridgehead atoms. The third-order valence-corrected chi connectivity index (χ3v) is 4.18. The number of carbonyl (C=O) groups excluding carboxylic acids is 1. The van der Waals surface area contributed by atoms with Crippen LogP contribution in [0.3, 0.4) is 0 Å². The molecule has 1 aliphatic rings. The van der Waals surface area contributed by atoms with Gasteiger partial charge in [-0.25, -0.2) is 13.2 Å². The Morgan fingerprint density at radius 3 is 2.40 bits per heavy atom. The number of hydrogen-bond donors (Lipinski definition) is 1. The van der Waals surface area contributed by atoms with Crippen molar-refractivity contribution in [3.8, 4) is 0 Å². The van der Waals surface area contributed by atoms with Crippen LogP contribution in [0.15, 0.2) is 12.1 Å². The van der Waals surface area contributed by atoms with E-state index in [1.54, 1.807) is 0 Å². The first-order valence-corrected chi connectivity index (χ1v) is 7.05. The number of halogens is 4. The van der Waals surface area contributed by atoms with Crippen molar-refractivity contribution in [3.63, 3.8) is 0 Å². The largest absolute Gasteiger partial charge is 0.352 e. The molecule has 1 aromatic rings. The van der Waals surface area contributed by atoms with Gasteiger partial charge in [0, 0.05) is 18.0 Å². The van der Waals surface area contributed by atoms with Crippen LogP contribution < -0.4 is 5.32 Å². The topological polar surface area (TPSA) is 29.1 Å². The quantitative estimate of drug-likeness (QED) is 0.669. The molecule has 1 amide bonds. The number of nitrogens with one attached hydrogen (secondary N) is 1. The Labute approximate surface area is 120 Å². The SMILES string of the molecule is O=C(NCC1CCCC1CCl)c1cc(F)c(F)c(F)c1. The molecule has 2 nitrogen and oxygen atoms in total. The molecule has 2 unspecified atom stereocenters. The number of hydrogen-bond acceptors (Lipinski definition) is 1. The van der Waals surface area contributed by atoms with Crippen molar-refractivity contribution < 1.29 is 18.0 Å². The van der Waals surface area contributed by atoms with E-state index in [1.807, 2.05) is 0 Å². The van der Waals surface area contributed by atoms with Gasteiger partial charge in [-0.3, -0.25) is 4.79 Å². The van der Waals surface area contributed by atoms with E-state index in [0.717, 1.165) is 19.3 Å². The Balaban J connectivity index is 1.98. The first-order chi connectivity index (χ1) is 9.52. The third-order valence-electron chi connectivity index (χ3n) is 3.79. The lowest BCUT2D eigenvalue weighted by molar-refractivity contribution is 0.0943. The van der Waals surface area contributed by atoms with Crippen molar-refractivity contribution in [1.29, 1.82) is 0 Å². The second-order valence-corrected chi connectivity index (χ2v) is 5.38. The molecule has 0 aliphatic heterocycles. The van der Waals surface area contributed by atoms with E-state index in [-0.39, 0.29) is 11.5 Å². The maximum absolute atomic E-state index is 13.0. The summed E-state index contributed by atoms with van der Waals surface area (Å²) in [6.45, 7) is 0.414. The summed E-state index contributed by atoms with van der Waals surface area (Å²) >= 11 is 5.84. The lowest BCUT2D eigenvalue weighted by Gasteiger charge is -2.17. The van der Waals surface area contributed by atoms with Gasteiger partial charge in [0.25, 0.3) is 5.91 Å². The van der Waals surface area contributed by atoms with Crippen molar-refractivity contribution in [1.82, 2.24) is 5.32 Å². The molecule has 2 rings (SSSR count). The number of amides is 1. The van der Waals surface area contributed by atoms with Gasteiger partial charge in [0.05, 0.1) is 0 Å². The maximum Gasteiger partial charge on any atom is 0.251 e. The van der Waals surface area contributed by atoms with Crippen LogP contribution in [-0.2, 0) is 0 Å². The van der Waals surface area contributed by atoms with Crippen LogP contribution in [0.25, 0.3) is 0 Å². The Morgan fingerprint density at radius 1 is 1.20 bits per heavy atom.